The van der Waals surface area contributed by atoms with Crippen LogP contribution in [0, 0.1) is 0 Å². The van der Waals surface area contributed by atoms with Crippen molar-refractivity contribution in [3.8, 4) is 22.8 Å². The molecule has 2 aromatic carbocycles. The van der Waals surface area contributed by atoms with Gasteiger partial charge >= 0.3 is 24.3 Å². The first-order valence-corrected chi connectivity index (χ1v) is 13.8. The van der Waals surface area contributed by atoms with Gasteiger partial charge in [-0.15, -0.1) is 0 Å². The van der Waals surface area contributed by atoms with Crippen LogP contribution in [0.3, 0.4) is 0 Å². The molecule has 5 aromatic rings. The molecule has 3 aromatic heterocycles. The molecule has 0 aliphatic heterocycles. The summed E-state index contributed by atoms with van der Waals surface area (Å²) < 4.78 is 95.1. The summed E-state index contributed by atoms with van der Waals surface area (Å²) in [5.74, 6) is -4.53. The summed E-state index contributed by atoms with van der Waals surface area (Å²) in [6.07, 6.45) is -6.95. The maximum Gasteiger partial charge on any atom is 0.490 e. The number of benzene rings is 2. The molecule has 5 rings (SSSR count). The highest BCUT2D eigenvalue weighted by Gasteiger charge is 2.38. The molecule has 3 N–H and O–H groups in total. The van der Waals surface area contributed by atoms with Crippen molar-refractivity contribution in [1.29, 1.82) is 0 Å². The fraction of sp³-hybridized carbons (Fsp3) is 0.192. The number of H-pyrrole nitrogens is 1. The Labute approximate surface area is 249 Å². The zero-order valence-electron chi connectivity index (χ0n) is 22.9. The summed E-state index contributed by atoms with van der Waals surface area (Å²) in [6.45, 7) is 1.61. The van der Waals surface area contributed by atoms with Crippen LogP contribution in [0.5, 0.6) is 0 Å². The summed E-state index contributed by atoms with van der Waals surface area (Å²) in [5.41, 5.74) is 5.18. The third-order valence-corrected chi connectivity index (χ3v) is 7.44. The molecule has 0 saturated heterocycles. The largest absolute Gasteiger partial charge is 0.490 e. The van der Waals surface area contributed by atoms with Crippen LogP contribution in [0.1, 0.15) is 6.92 Å². The van der Waals surface area contributed by atoms with Crippen LogP contribution in [0.15, 0.2) is 65.3 Å². The quantitative estimate of drug-likeness (QED) is 0.204. The number of alkyl halides is 6. The normalized spacial score (nSPS) is 11.7. The highest BCUT2D eigenvalue weighted by atomic mass is 32.2. The average molecular weight is 662 g/mol. The average Bonchev–Trinajstić information content (AvgIpc) is 3.60. The van der Waals surface area contributed by atoms with Gasteiger partial charge in [-0.3, -0.25) is 9.29 Å². The van der Waals surface area contributed by atoms with Crippen molar-refractivity contribution in [1.82, 2.24) is 19.9 Å². The molecule has 0 amide bonds. The molecule has 3 heterocycles. The summed E-state index contributed by atoms with van der Waals surface area (Å²) in [7, 11) is -1.84. The van der Waals surface area contributed by atoms with Crippen LogP contribution in [0.2, 0.25) is 0 Å². The third kappa shape index (κ3) is 8.68. The Bertz CT molecular complexity index is 1880. The van der Waals surface area contributed by atoms with E-state index in [4.69, 9.17) is 24.2 Å². The lowest BCUT2D eigenvalue weighted by atomic mass is 10.1. The number of aromatic nitrogens is 4. The Hall–Kier alpha value is -5.20. The van der Waals surface area contributed by atoms with Crippen LogP contribution in [0.25, 0.3) is 45.0 Å². The first-order valence-electron chi connectivity index (χ1n) is 12.2. The lowest BCUT2D eigenvalue weighted by molar-refractivity contribution is -0.193. The second-order valence-corrected chi connectivity index (χ2v) is 11.0. The van der Waals surface area contributed by atoms with Crippen molar-refractivity contribution in [3.05, 3.63) is 60.9 Å². The van der Waals surface area contributed by atoms with Crippen molar-refractivity contribution in [2.75, 3.05) is 17.1 Å². The van der Waals surface area contributed by atoms with Crippen LogP contribution in [-0.2, 0) is 19.6 Å². The first-order chi connectivity index (χ1) is 20.8. The van der Waals surface area contributed by atoms with Gasteiger partial charge in [0.1, 0.15) is 5.52 Å². The van der Waals surface area contributed by atoms with Gasteiger partial charge in [-0.25, -0.2) is 28.0 Å². The molecular weight excluding hydrogens is 640 g/mol. The number of oxazole rings is 1. The van der Waals surface area contributed by atoms with E-state index >= 15 is 0 Å². The molecule has 240 valence electrons. The number of carbonyl (C=O) groups is 2. The zero-order chi connectivity index (χ0) is 33.7. The van der Waals surface area contributed by atoms with Gasteiger partial charge < -0.3 is 19.6 Å². The Kier molecular flexibility index (Phi) is 10.1. The smallest absolute Gasteiger partial charge is 0.475 e. The van der Waals surface area contributed by atoms with Crippen LogP contribution >= 0.6 is 0 Å². The molecule has 0 aliphatic carbocycles. The fourth-order valence-corrected chi connectivity index (χ4v) is 4.18. The lowest BCUT2D eigenvalue weighted by Gasteiger charge is -2.18. The standard InChI is InChI=1S/C22H19N5O3S.2C2HF3O2/c1-3-31(28,29)27(2)16-10-15(12-23-13-16)14-8-9-19-20(11-14)30-22(26-19)21-24-17-6-4-5-7-18(17)25-21;2*3-2(4,5)1(6)7/h4-13H,3H2,1-2H3,(H,24,25);2*(H,6,7). The summed E-state index contributed by atoms with van der Waals surface area (Å²) in [5, 5.41) is 14.2. The minimum atomic E-state index is -5.08. The summed E-state index contributed by atoms with van der Waals surface area (Å²) in [6, 6.07) is 15.2. The topological polar surface area (TPSA) is 180 Å². The second kappa shape index (κ2) is 13.2. The van der Waals surface area contributed by atoms with E-state index < -0.39 is 34.3 Å². The summed E-state index contributed by atoms with van der Waals surface area (Å²) >= 11 is 0. The first kappa shape index (κ1) is 34.3. The SMILES string of the molecule is CCS(=O)(=O)N(C)c1cncc(-c2ccc3nc(-c4nc5ccccc5[nH]4)oc3c2)c1.O=C(O)C(F)(F)F.O=C(O)C(F)(F)F. The Morgan fingerprint density at radius 1 is 0.889 bits per heavy atom. The van der Waals surface area contributed by atoms with E-state index in [1.807, 2.05) is 42.5 Å². The van der Waals surface area contributed by atoms with Gasteiger partial charge in [-0.1, -0.05) is 18.2 Å². The van der Waals surface area contributed by atoms with E-state index in [-0.39, 0.29) is 5.75 Å². The van der Waals surface area contributed by atoms with Gasteiger partial charge in [0, 0.05) is 18.8 Å². The number of nitrogens with one attached hydrogen (secondary N) is 1. The van der Waals surface area contributed by atoms with E-state index in [1.54, 1.807) is 19.2 Å². The molecule has 12 nitrogen and oxygen atoms in total. The van der Waals surface area contributed by atoms with Gasteiger partial charge in [0.2, 0.25) is 10.0 Å². The number of hydrogen-bond donors (Lipinski definition) is 3. The number of para-hydroxylation sites is 2. The van der Waals surface area contributed by atoms with Crippen molar-refractivity contribution < 1.29 is 59.0 Å². The number of rotatable bonds is 5. The number of halogens is 6. The van der Waals surface area contributed by atoms with Gasteiger partial charge in [0.05, 0.1) is 28.7 Å². The van der Waals surface area contributed by atoms with E-state index in [9.17, 15) is 34.8 Å². The predicted octanol–water partition coefficient (Wildman–Crippen LogP) is 5.49. The number of hydrogen-bond acceptors (Lipinski definition) is 8. The van der Waals surface area contributed by atoms with E-state index in [2.05, 4.69) is 19.9 Å². The van der Waals surface area contributed by atoms with Crippen molar-refractivity contribution in [3.63, 3.8) is 0 Å². The number of aromatic amines is 1. The van der Waals surface area contributed by atoms with Gasteiger partial charge in [0.25, 0.3) is 5.89 Å². The summed E-state index contributed by atoms with van der Waals surface area (Å²) in [4.78, 5) is 34.3. The van der Waals surface area contributed by atoms with Gasteiger partial charge in [-0.05, 0) is 42.8 Å². The van der Waals surface area contributed by atoms with Crippen molar-refractivity contribution in [2.45, 2.75) is 19.3 Å². The maximum atomic E-state index is 12.2. The lowest BCUT2D eigenvalue weighted by Crippen LogP contribution is -2.28. The number of pyridine rings is 1. The molecule has 0 radical (unpaired) electrons. The number of imidazole rings is 1. The Balaban J connectivity index is 0.000000331. The number of fused-ring (bicyclic) bond motifs is 2. The third-order valence-electron chi connectivity index (χ3n) is 5.67. The molecule has 19 heteroatoms. The number of sulfonamides is 1. The second-order valence-electron chi connectivity index (χ2n) is 8.71. The van der Waals surface area contributed by atoms with Crippen molar-refractivity contribution in [2.24, 2.45) is 0 Å². The highest BCUT2D eigenvalue weighted by Crippen LogP contribution is 2.30. The van der Waals surface area contributed by atoms with Crippen LogP contribution in [-0.4, -0.2) is 75.7 Å². The molecule has 45 heavy (non-hydrogen) atoms. The minimum absolute atomic E-state index is 0.0162. The maximum absolute atomic E-state index is 12.2. The fourth-order valence-electron chi connectivity index (χ4n) is 3.37. The molecule has 0 unspecified atom stereocenters. The molecule has 0 aliphatic rings. The Morgan fingerprint density at radius 2 is 1.49 bits per heavy atom. The van der Waals surface area contributed by atoms with Crippen LogP contribution < -0.4 is 4.31 Å². The zero-order valence-corrected chi connectivity index (χ0v) is 23.7. The van der Waals surface area contributed by atoms with Crippen molar-refractivity contribution >= 4 is 49.8 Å². The highest BCUT2D eigenvalue weighted by molar-refractivity contribution is 7.92. The number of anilines is 1. The molecule has 0 fully saturated rings. The Morgan fingerprint density at radius 3 is 2.04 bits per heavy atom. The molecule has 0 saturated carbocycles. The number of carboxylic acids is 2. The molecule has 0 atom stereocenters. The number of aliphatic carboxylic acids is 2. The molecular formula is C26H21F6N5O7S. The molecule has 0 spiro atoms. The van der Waals surface area contributed by atoms with Gasteiger partial charge in [0.15, 0.2) is 11.4 Å². The van der Waals surface area contributed by atoms with E-state index in [0.29, 0.717) is 28.5 Å². The van der Waals surface area contributed by atoms with E-state index in [0.717, 1.165) is 22.2 Å². The predicted molar refractivity (Wildman–Crippen MR) is 148 cm³/mol. The molecule has 0 bridgehead atoms. The number of nitrogens with zero attached hydrogens (tertiary/aromatic N) is 4. The van der Waals surface area contributed by atoms with Crippen LogP contribution in [0.4, 0.5) is 32.0 Å². The minimum Gasteiger partial charge on any atom is -0.475 e. The van der Waals surface area contributed by atoms with E-state index in [1.165, 1.54) is 17.5 Å². The number of carboxylic acid groups (broad SMARTS) is 2. The monoisotopic (exact) mass is 661 g/mol. The van der Waals surface area contributed by atoms with Gasteiger partial charge in [-0.2, -0.15) is 26.3 Å².